The monoisotopic (exact) mass is 402 g/mol. The van der Waals surface area contributed by atoms with E-state index in [0.29, 0.717) is 24.1 Å². The van der Waals surface area contributed by atoms with Crippen molar-refractivity contribution in [3.05, 3.63) is 41.2 Å². The standard InChI is InChI=1S/C21H27ClN4O2/c1-4-28-14-19(27)26-11-5-6-16(13-26)20-18(12-23-21(24-20)25(2)3)15-7-9-17(22)10-8-15/h7-10,12,16H,4-6,11,13-14H2,1-3H3/t16-/m0/s1. The minimum Gasteiger partial charge on any atom is -0.372 e. The van der Waals surface area contributed by atoms with E-state index in [1.165, 1.54) is 0 Å². The van der Waals surface area contributed by atoms with Gasteiger partial charge in [0, 0.05) is 56.5 Å². The molecule has 0 unspecified atom stereocenters. The number of ether oxygens (including phenoxy) is 1. The highest BCUT2D eigenvalue weighted by atomic mass is 35.5. The van der Waals surface area contributed by atoms with Gasteiger partial charge < -0.3 is 14.5 Å². The number of anilines is 1. The second kappa shape index (κ2) is 9.34. The normalized spacial score (nSPS) is 16.9. The number of carbonyl (C=O) groups is 1. The topological polar surface area (TPSA) is 58.6 Å². The van der Waals surface area contributed by atoms with Crippen LogP contribution in [0.25, 0.3) is 11.1 Å². The molecule has 6 nitrogen and oxygen atoms in total. The summed E-state index contributed by atoms with van der Waals surface area (Å²) in [5.74, 6) is 0.874. The van der Waals surface area contributed by atoms with E-state index in [9.17, 15) is 4.79 Å². The Morgan fingerprint density at radius 2 is 2.07 bits per heavy atom. The zero-order valence-corrected chi connectivity index (χ0v) is 17.4. The van der Waals surface area contributed by atoms with Crippen LogP contribution < -0.4 is 4.90 Å². The van der Waals surface area contributed by atoms with Crippen LogP contribution in [0.1, 0.15) is 31.4 Å². The lowest BCUT2D eigenvalue weighted by Crippen LogP contribution is -2.41. The number of benzene rings is 1. The van der Waals surface area contributed by atoms with Gasteiger partial charge in [-0.2, -0.15) is 0 Å². The fourth-order valence-electron chi connectivity index (χ4n) is 3.47. The van der Waals surface area contributed by atoms with E-state index in [1.807, 2.05) is 61.3 Å². The number of rotatable bonds is 6. The lowest BCUT2D eigenvalue weighted by Gasteiger charge is -2.33. The summed E-state index contributed by atoms with van der Waals surface area (Å²) in [6.07, 6.45) is 3.81. The molecular weight excluding hydrogens is 376 g/mol. The minimum absolute atomic E-state index is 0.0430. The van der Waals surface area contributed by atoms with Gasteiger partial charge in [0.25, 0.3) is 0 Å². The SMILES string of the molecule is CCOCC(=O)N1CCC[C@H](c2nc(N(C)C)ncc2-c2ccc(Cl)cc2)C1. The first-order valence-corrected chi connectivity index (χ1v) is 10.0. The van der Waals surface area contributed by atoms with Gasteiger partial charge in [-0.3, -0.25) is 4.79 Å². The molecule has 150 valence electrons. The van der Waals surface area contributed by atoms with Gasteiger partial charge in [-0.15, -0.1) is 0 Å². The van der Waals surface area contributed by atoms with Gasteiger partial charge in [-0.25, -0.2) is 9.97 Å². The highest BCUT2D eigenvalue weighted by Gasteiger charge is 2.28. The Kier molecular flexibility index (Phi) is 6.86. The third-order valence-corrected chi connectivity index (χ3v) is 5.20. The quantitative estimate of drug-likeness (QED) is 0.738. The molecule has 0 aliphatic carbocycles. The molecule has 0 saturated carbocycles. The van der Waals surface area contributed by atoms with Crippen LogP contribution in [0.3, 0.4) is 0 Å². The molecule has 3 rings (SSSR count). The summed E-state index contributed by atoms with van der Waals surface area (Å²) in [6.45, 7) is 4.00. The third kappa shape index (κ3) is 4.80. The second-order valence-electron chi connectivity index (χ2n) is 7.19. The Morgan fingerprint density at radius 1 is 1.32 bits per heavy atom. The molecule has 1 aromatic carbocycles. The molecule has 0 spiro atoms. The first kappa shape index (κ1) is 20.6. The Bertz CT molecular complexity index is 811. The highest BCUT2D eigenvalue weighted by Crippen LogP contribution is 2.34. The van der Waals surface area contributed by atoms with Crippen LogP contribution in [0.2, 0.25) is 5.02 Å². The highest BCUT2D eigenvalue weighted by molar-refractivity contribution is 6.30. The molecule has 1 atom stereocenters. The maximum absolute atomic E-state index is 12.4. The van der Waals surface area contributed by atoms with Crippen LogP contribution in [0.4, 0.5) is 5.95 Å². The molecule has 0 bridgehead atoms. The molecule has 7 heteroatoms. The van der Waals surface area contributed by atoms with Crippen molar-refractivity contribution in [2.45, 2.75) is 25.7 Å². The number of hydrogen-bond donors (Lipinski definition) is 0. The lowest BCUT2D eigenvalue weighted by molar-refractivity contribution is -0.137. The van der Waals surface area contributed by atoms with Crippen molar-refractivity contribution in [2.24, 2.45) is 0 Å². The van der Waals surface area contributed by atoms with Crippen LogP contribution in [0, 0.1) is 0 Å². The van der Waals surface area contributed by atoms with E-state index in [-0.39, 0.29) is 18.4 Å². The summed E-state index contributed by atoms with van der Waals surface area (Å²) < 4.78 is 5.31. The number of halogens is 1. The van der Waals surface area contributed by atoms with Crippen molar-refractivity contribution in [2.75, 3.05) is 45.3 Å². The van der Waals surface area contributed by atoms with Gasteiger partial charge in [-0.05, 0) is 37.5 Å². The molecule has 1 saturated heterocycles. The van der Waals surface area contributed by atoms with Gasteiger partial charge >= 0.3 is 0 Å². The van der Waals surface area contributed by atoms with Crippen LogP contribution >= 0.6 is 11.6 Å². The van der Waals surface area contributed by atoms with Crippen LogP contribution in [-0.2, 0) is 9.53 Å². The molecule has 28 heavy (non-hydrogen) atoms. The van der Waals surface area contributed by atoms with Gasteiger partial charge in [0.1, 0.15) is 6.61 Å². The van der Waals surface area contributed by atoms with Crippen LogP contribution in [0.15, 0.2) is 30.5 Å². The van der Waals surface area contributed by atoms with Crippen molar-refractivity contribution in [3.8, 4) is 11.1 Å². The van der Waals surface area contributed by atoms with Gasteiger partial charge in [0.2, 0.25) is 11.9 Å². The Balaban J connectivity index is 1.92. The summed E-state index contributed by atoms with van der Waals surface area (Å²) in [4.78, 5) is 25.6. The molecule has 1 fully saturated rings. The summed E-state index contributed by atoms with van der Waals surface area (Å²) in [5.41, 5.74) is 3.00. The number of nitrogens with zero attached hydrogens (tertiary/aromatic N) is 4. The van der Waals surface area contributed by atoms with E-state index in [2.05, 4.69) is 4.98 Å². The second-order valence-corrected chi connectivity index (χ2v) is 7.62. The number of carbonyl (C=O) groups excluding carboxylic acids is 1. The lowest BCUT2D eigenvalue weighted by atomic mass is 9.90. The Morgan fingerprint density at radius 3 is 2.75 bits per heavy atom. The number of amides is 1. The maximum atomic E-state index is 12.4. The summed E-state index contributed by atoms with van der Waals surface area (Å²) in [6, 6.07) is 7.72. The van der Waals surface area contributed by atoms with Crippen molar-refractivity contribution >= 4 is 23.5 Å². The largest absolute Gasteiger partial charge is 0.372 e. The van der Waals surface area contributed by atoms with Crippen LogP contribution in [0.5, 0.6) is 0 Å². The number of aromatic nitrogens is 2. The average molecular weight is 403 g/mol. The fraction of sp³-hybridized carbons (Fsp3) is 0.476. The molecule has 1 aliphatic rings. The van der Waals surface area contributed by atoms with Crippen molar-refractivity contribution in [1.29, 1.82) is 0 Å². The first-order valence-electron chi connectivity index (χ1n) is 9.65. The zero-order chi connectivity index (χ0) is 20.1. The molecule has 0 N–H and O–H groups in total. The van der Waals surface area contributed by atoms with Crippen LogP contribution in [-0.4, -0.2) is 61.2 Å². The smallest absolute Gasteiger partial charge is 0.248 e. The molecule has 1 amide bonds. The first-order chi connectivity index (χ1) is 13.5. The molecular formula is C21H27ClN4O2. The minimum atomic E-state index is 0.0430. The number of likely N-dealkylation sites (tertiary alicyclic amines) is 1. The maximum Gasteiger partial charge on any atom is 0.248 e. The molecule has 0 radical (unpaired) electrons. The molecule has 2 aromatic rings. The third-order valence-electron chi connectivity index (χ3n) is 4.95. The van der Waals surface area contributed by atoms with Crippen molar-refractivity contribution in [1.82, 2.24) is 14.9 Å². The number of piperidine rings is 1. The predicted octanol–water partition coefficient (Wildman–Crippen LogP) is 3.61. The van der Waals surface area contributed by atoms with Crippen molar-refractivity contribution < 1.29 is 9.53 Å². The van der Waals surface area contributed by atoms with E-state index in [4.69, 9.17) is 21.3 Å². The van der Waals surface area contributed by atoms with Crippen molar-refractivity contribution in [3.63, 3.8) is 0 Å². The summed E-state index contributed by atoms with van der Waals surface area (Å²) in [5, 5.41) is 0.696. The van der Waals surface area contributed by atoms with E-state index >= 15 is 0 Å². The van der Waals surface area contributed by atoms with E-state index in [0.717, 1.165) is 36.2 Å². The number of hydrogen-bond acceptors (Lipinski definition) is 5. The fourth-order valence-corrected chi connectivity index (χ4v) is 3.60. The predicted molar refractivity (Wildman–Crippen MR) is 112 cm³/mol. The zero-order valence-electron chi connectivity index (χ0n) is 16.7. The Hall–Kier alpha value is -2.18. The molecule has 2 heterocycles. The summed E-state index contributed by atoms with van der Waals surface area (Å²) in [7, 11) is 3.86. The van der Waals surface area contributed by atoms with Gasteiger partial charge in [0.05, 0.1) is 5.69 Å². The van der Waals surface area contributed by atoms with Gasteiger partial charge in [-0.1, -0.05) is 23.7 Å². The van der Waals surface area contributed by atoms with Gasteiger partial charge in [0.15, 0.2) is 0 Å². The van der Waals surface area contributed by atoms with E-state index in [1.54, 1.807) is 0 Å². The molecule has 1 aromatic heterocycles. The average Bonchev–Trinajstić information content (AvgIpc) is 2.72. The Labute approximate surface area is 171 Å². The summed E-state index contributed by atoms with van der Waals surface area (Å²) >= 11 is 6.06. The molecule has 1 aliphatic heterocycles. The van der Waals surface area contributed by atoms with E-state index < -0.39 is 0 Å².